The summed E-state index contributed by atoms with van der Waals surface area (Å²) in [6.07, 6.45) is 9.80. The van der Waals surface area contributed by atoms with Gasteiger partial charge in [-0.05, 0) is 52.1 Å². The Morgan fingerprint density at radius 2 is 0.840 bits per heavy atom. The van der Waals surface area contributed by atoms with Gasteiger partial charge in [0.15, 0.2) is 0 Å². The largest absolute Gasteiger partial charge is 0.415 e. The van der Waals surface area contributed by atoms with Crippen molar-refractivity contribution in [3.63, 3.8) is 0 Å². The molecule has 0 fully saturated rings. The topological polar surface area (TPSA) is 36.9 Å². The van der Waals surface area contributed by atoms with Gasteiger partial charge in [0.2, 0.25) is 0 Å². The van der Waals surface area contributed by atoms with Gasteiger partial charge >= 0.3 is 25.7 Å². The summed E-state index contributed by atoms with van der Waals surface area (Å²) in [5.74, 6) is 0. The zero-order valence-corrected chi connectivity index (χ0v) is 21.2. The minimum Gasteiger partial charge on any atom is -0.415 e. The van der Waals surface area contributed by atoms with Crippen molar-refractivity contribution in [2.75, 3.05) is 13.2 Å². The van der Waals surface area contributed by atoms with E-state index in [9.17, 15) is 0 Å². The molecule has 0 aliphatic carbocycles. The van der Waals surface area contributed by atoms with Crippen LogP contribution in [0.1, 0.15) is 65.2 Å². The highest BCUT2D eigenvalue weighted by Gasteiger charge is 2.41. The van der Waals surface area contributed by atoms with Crippen LogP contribution in [-0.2, 0) is 17.1 Å². The van der Waals surface area contributed by atoms with Crippen molar-refractivity contribution in [2.45, 2.75) is 104 Å². The summed E-state index contributed by atoms with van der Waals surface area (Å²) in [7, 11) is -6.54. The molecule has 0 bridgehead atoms. The van der Waals surface area contributed by atoms with Crippen molar-refractivity contribution in [2.24, 2.45) is 0 Å². The quantitative estimate of drug-likeness (QED) is 0.221. The fourth-order valence-electron chi connectivity index (χ4n) is 2.96. The lowest BCUT2D eigenvalue weighted by atomic mass is 10.2. The van der Waals surface area contributed by atoms with Crippen molar-refractivity contribution in [3.05, 3.63) is 0 Å². The van der Waals surface area contributed by atoms with Gasteiger partial charge in [-0.1, -0.05) is 52.4 Å². The Balaban J connectivity index is 4.24. The van der Waals surface area contributed by atoms with E-state index in [4.69, 9.17) is 17.1 Å². The molecule has 0 aromatic heterocycles. The van der Waals surface area contributed by atoms with Crippen LogP contribution in [0.2, 0.25) is 39.3 Å². The molecule has 4 nitrogen and oxygen atoms in total. The Kier molecular flexibility index (Phi) is 13.1. The van der Waals surface area contributed by atoms with Crippen molar-refractivity contribution in [1.29, 1.82) is 0 Å². The standard InChI is InChI=1S/C18H44O4Si3/c1-9-11-13-15-17-19-23(3,4)21-25(7,8)22-24(5,6)20-18-16-14-12-10-2/h9-18H2,1-8H3. The Morgan fingerprint density at radius 3 is 1.16 bits per heavy atom. The molecule has 0 saturated heterocycles. The molecular weight excluding hydrogens is 364 g/mol. The highest BCUT2D eigenvalue weighted by molar-refractivity contribution is 6.84. The first-order valence-electron chi connectivity index (χ1n) is 10.2. The van der Waals surface area contributed by atoms with Gasteiger partial charge in [0.1, 0.15) is 0 Å². The number of rotatable bonds is 16. The Morgan fingerprint density at radius 1 is 0.480 bits per heavy atom. The molecule has 0 radical (unpaired) electrons. The second-order valence-electron chi connectivity index (χ2n) is 8.22. The van der Waals surface area contributed by atoms with E-state index in [-0.39, 0.29) is 0 Å². The predicted octanol–water partition coefficient (Wildman–Crippen LogP) is 6.32. The van der Waals surface area contributed by atoms with E-state index in [1.54, 1.807) is 0 Å². The minimum atomic E-state index is -2.25. The zero-order valence-electron chi connectivity index (χ0n) is 18.2. The lowest BCUT2D eigenvalue weighted by Gasteiger charge is -2.37. The first-order valence-corrected chi connectivity index (χ1v) is 18.7. The van der Waals surface area contributed by atoms with Gasteiger partial charge in [-0.15, -0.1) is 0 Å². The van der Waals surface area contributed by atoms with E-state index in [1.807, 2.05) is 0 Å². The van der Waals surface area contributed by atoms with Crippen LogP contribution in [0.15, 0.2) is 0 Å². The minimum absolute atomic E-state index is 0.804. The Labute approximate surface area is 160 Å². The normalized spacial score (nSPS) is 13.4. The first-order chi connectivity index (χ1) is 11.5. The van der Waals surface area contributed by atoms with Crippen molar-refractivity contribution >= 4 is 25.7 Å². The molecule has 0 unspecified atom stereocenters. The van der Waals surface area contributed by atoms with Crippen LogP contribution in [0.4, 0.5) is 0 Å². The van der Waals surface area contributed by atoms with Gasteiger partial charge < -0.3 is 17.1 Å². The summed E-state index contributed by atoms with van der Waals surface area (Å²) in [4.78, 5) is 0. The van der Waals surface area contributed by atoms with Gasteiger partial charge in [0.25, 0.3) is 0 Å². The molecule has 0 saturated carbocycles. The summed E-state index contributed by atoms with van der Waals surface area (Å²) in [5, 5.41) is 0. The van der Waals surface area contributed by atoms with Gasteiger partial charge in [-0.2, -0.15) is 0 Å². The van der Waals surface area contributed by atoms with Gasteiger partial charge in [-0.25, -0.2) is 0 Å². The highest BCUT2D eigenvalue weighted by atomic mass is 28.5. The maximum atomic E-state index is 6.40. The van der Waals surface area contributed by atoms with E-state index in [1.165, 1.54) is 38.5 Å². The molecule has 0 aromatic carbocycles. The average molecular weight is 409 g/mol. The smallest absolute Gasteiger partial charge is 0.322 e. The maximum absolute atomic E-state index is 6.40. The predicted molar refractivity (Wildman–Crippen MR) is 115 cm³/mol. The number of hydrogen-bond donors (Lipinski definition) is 0. The molecule has 7 heteroatoms. The molecule has 0 aliphatic rings. The van der Waals surface area contributed by atoms with Gasteiger partial charge in [-0.3, -0.25) is 0 Å². The van der Waals surface area contributed by atoms with Crippen LogP contribution in [0, 0.1) is 0 Å². The van der Waals surface area contributed by atoms with Crippen LogP contribution in [0.5, 0.6) is 0 Å². The third-order valence-electron chi connectivity index (χ3n) is 3.88. The van der Waals surface area contributed by atoms with Crippen LogP contribution < -0.4 is 0 Å². The maximum Gasteiger partial charge on any atom is 0.322 e. The summed E-state index contributed by atoms with van der Waals surface area (Å²) in [6.45, 7) is 18.8. The van der Waals surface area contributed by atoms with Crippen LogP contribution in [0.25, 0.3) is 0 Å². The molecule has 0 aliphatic heterocycles. The molecular formula is C18H44O4Si3. The van der Waals surface area contributed by atoms with Gasteiger partial charge in [0, 0.05) is 13.2 Å². The number of hydrogen-bond acceptors (Lipinski definition) is 4. The summed E-state index contributed by atoms with van der Waals surface area (Å²) >= 11 is 0. The monoisotopic (exact) mass is 408 g/mol. The fourth-order valence-corrected chi connectivity index (χ4v) is 14.7. The van der Waals surface area contributed by atoms with E-state index in [0.29, 0.717) is 0 Å². The van der Waals surface area contributed by atoms with Crippen molar-refractivity contribution in [1.82, 2.24) is 0 Å². The summed E-state index contributed by atoms with van der Waals surface area (Å²) in [6, 6.07) is 0. The SMILES string of the molecule is CCCCCCO[Si](C)(C)O[Si](C)(C)O[Si](C)(C)OCCCCCC. The molecule has 0 aromatic rings. The van der Waals surface area contributed by atoms with Gasteiger partial charge in [0.05, 0.1) is 0 Å². The van der Waals surface area contributed by atoms with Crippen LogP contribution in [0.3, 0.4) is 0 Å². The second-order valence-corrected chi connectivity index (χ2v) is 18.8. The lowest BCUT2D eigenvalue weighted by Crippen LogP contribution is -2.54. The molecule has 0 rings (SSSR count). The van der Waals surface area contributed by atoms with E-state index < -0.39 is 25.7 Å². The average Bonchev–Trinajstić information content (AvgIpc) is 2.44. The Bertz CT molecular complexity index is 306. The first kappa shape index (κ1) is 25.5. The Hall–Kier alpha value is 0.491. The highest BCUT2D eigenvalue weighted by Crippen LogP contribution is 2.22. The van der Waals surface area contributed by atoms with E-state index in [2.05, 4.69) is 53.1 Å². The summed E-state index contributed by atoms with van der Waals surface area (Å²) in [5.41, 5.74) is 0. The third-order valence-corrected chi connectivity index (χ3v) is 13.5. The molecule has 0 atom stereocenters. The van der Waals surface area contributed by atoms with E-state index in [0.717, 1.165) is 26.1 Å². The lowest BCUT2D eigenvalue weighted by molar-refractivity contribution is 0.199. The molecule has 0 N–H and O–H groups in total. The molecule has 0 amide bonds. The molecule has 0 heterocycles. The molecule has 25 heavy (non-hydrogen) atoms. The molecule has 152 valence electrons. The summed E-state index contributed by atoms with van der Waals surface area (Å²) < 4.78 is 25.0. The second kappa shape index (κ2) is 12.8. The zero-order chi connectivity index (χ0) is 19.4. The van der Waals surface area contributed by atoms with Crippen LogP contribution in [-0.4, -0.2) is 38.9 Å². The number of unbranched alkanes of at least 4 members (excludes halogenated alkanes) is 6. The van der Waals surface area contributed by atoms with Crippen molar-refractivity contribution < 1.29 is 17.1 Å². The van der Waals surface area contributed by atoms with Crippen molar-refractivity contribution in [3.8, 4) is 0 Å². The fraction of sp³-hybridized carbons (Fsp3) is 1.00. The molecule has 0 spiro atoms. The third kappa shape index (κ3) is 15.3. The van der Waals surface area contributed by atoms with Crippen LogP contribution >= 0.6 is 0 Å². The van der Waals surface area contributed by atoms with E-state index >= 15 is 0 Å².